The minimum Gasteiger partial charge on any atom is -0.389 e. The second kappa shape index (κ2) is 5.10. The molecule has 1 aromatic rings. The first-order valence-corrected chi connectivity index (χ1v) is 7.33. The zero-order chi connectivity index (χ0) is 15.1. The molecule has 0 radical (unpaired) electrons. The first-order chi connectivity index (χ1) is 9.99. The predicted molar refractivity (Wildman–Crippen MR) is 83.5 cm³/mol. The Bertz CT molecular complexity index is 619. The van der Waals surface area contributed by atoms with E-state index < -0.39 is 0 Å². The van der Waals surface area contributed by atoms with Crippen LogP contribution in [0, 0.1) is 13.8 Å². The van der Waals surface area contributed by atoms with Gasteiger partial charge >= 0.3 is 6.03 Å². The number of carbonyl (C=O) groups is 1. The van der Waals surface area contributed by atoms with Crippen LogP contribution in [0.3, 0.4) is 0 Å². The number of amides is 2. The zero-order valence-corrected chi connectivity index (χ0v) is 12.9. The molecule has 3 heterocycles. The van der Waals surface area contributed by atoms with E-state index in [4.69, 9.17) is 18.0 Å². The molecule has 2 aliphatic rings. The third-order valence-electron chi connectivity index (χ3n) is 4.21. The Balaban J connectivity index is 1.93. The van der Waals surface area contributed by atoms with Gasteiger partial charge in [-0.05, 0) is 19.4 Å². The highest BCUT2D eigenvalue weighted by atomic mass is 32.1. The summed E-state index contributed by atoms with van der Waals surface area (Å²) in [6.07, 6.45) is 0. The molecule has 2 saturated heterocycles. The van der Waals surface area contributed by atoms with Gasteiger partial charge in [-0.3, -0.25) is 0 Å². The number of hydrogen-bond acceptors (Lipinski definition) is 5. The number of nitrogens with one attached hydrogen (secondary N) is 1. The van der Waals surface area contributed by atoms with E-state index in [1.54, 1.807) is 0 Å². The van der Waals surface area contributed by atoms with E-state index in [-0.39, 0.29) is 12.1 Å². The molecule has 2 aliphatic heterocycles. The fourth-order valence-electron chi connectivity index (χ4n) is 2.91. The Kier molecular flexibility index (Phi) is 3.40. The van der Waals surface area contributed by atoms with Crippen molar-refractivity contribution in [2.45, 2.75) is 19.9 Å². The number of fused-ring (bicyclic) bond motifs is 1. The van der Waals surface area contributed by atoms with E-state index in [0.717, 1.165) is 22.6 Å². The predicted octanol–water partition coefficient (Wildman–Crippen LogP) is -0.0586. The maximum Gasteiger partial charge on any atom is 0.317 e. The smallest absolute Gasteiger partial charge is 0.317 e. The van der Waals surface area contributed by atoms with Crippen LogP contribution >= 0.6 is 12.2 Å². The monoisotopic (exact) mass is 306 g/mol. The van der Waals surface area contributed by atoms with E-state index in [9.17, 15) is 4.79 Å². The molecule has 0 aliphatic carbocycles. The highest BCUT2D eigenvalue weighted by Crippen LogP contribution is 2.25. The number of carbonyl (C=O) groups excluding carboxylic acids is 1. The van der Waals surface area contributed by atoms with Crippen molar-refractivity contribution in [1.29, 1.82) is 0 Å². The molecule has 0 aromatic carbocycles. The highest BCUT2D eigenvalue weighted by Gasteiger charge is 2.36. The molecule has 112 valence electrons. The lowest BCUT2D eigenvalue weighted by Gasteiger charge is -2.37. The number of urea groups is 1. The largest absolute Gasteiger partial charge is 0.389 e. The third kappa shape index (κ3) is 2.29. The first kappa shape index (κ1) is 14.0. The Labute approximate surface area is 128 Å². The van der Waals surface area contributed by atoms with Crippen LogP contribution in [-0.2, 0) is 0 Å². The molecule has 3 rings (SSSR count). The first-order valence-electron chi connectivity index (χ1n) is 6.92. The van der Waals surface area contributed by atoms with Gasteiger partial charge in [-0.1, -0.05) is 12.2 Å². The number of piperazine rings is 1. The summed E-state index contributed by atoms with van der Waals surface area (Å²) in [7, 11) is 0. The van der Waals surface area contributed by atoms with Crippen LogP contribution < -0.4 is 16.0 Å². The summed E-state index contributed by atoms with van der Waals surface area (Å²) in [4.78, 5) is 16.0. The molecule has 0 bridgehead atoms. The van der Waals surface area contributed by atoms with Gasteiger partial charge < -0.3 is 20.9 Å². The summed E-state index contributed by atoms with van der Waals surface area (Å²) < 4.78 is 0. The number of rotatable bonds is 2. The van der Waals surface area contributed by atoms with Crippen LogP contribution in [0.4, 0.5) is 10.6 Å². The minimum absolute atomic E-state index is 0.0143. The van der Waals surface area contributed by atoms with E-state index in [0.29, 0.717) is 31.2 Å². The van der Waals surface area contributed by atoms with Crippen molar-refractivity contribution < 1.29 is 4.79 Å². The molecular formula is C13H18N6OS. The van der Waals surface area contributed by atoms with E-state index in [1.165, 1.54) is 0 Å². The maximum absolute atomic E-state index is 11.7. The zero-order valence-electron chi connectivity index (χ0n) is 12.1. The number of aryl methyl sites for hydroxylation is 1. The molecule has 1 atom stereocenters. The summed E-state index contributed by atoms with van der Waals surface area (Å²) in [6.45, 7) is 6.60. The van der Waals surface area contributed by atoms with Crippen LogP contribution in [0.15, 0.2) is 0 Å². The van der Waals surface area contributed by atoms with Crippen LogP contribution in [0.5, 0.6) is 0 Å². The number of aromatic nitrogens is 2. The Hall–Kier alpha value is -1.96. The SMILES string of the molecule is Cc1nnc(N2CCN3C(=O)NCC3C2)c(C(N)=S)c1C. The quantitative estimate of drug-likeness (QED) is 0.745. The van der Waals surface area contributed by atoms with Gasteiger partial charge in [0, 0.05) is 26.2 Å². The standard InChI is InChI=1S/C13H18N6OS/c1-7-8(2)16-17-12(10(7)11(14)21)18-3-4-19-9(6-18)5-15-13(19)20/h9H,3-6H2,1-2H3,(H2,14,21)(H,15,20). The summed E-state index contributed by atoms with van der Waals surface area (Å²) in [5.74, 6) is 0.726. The molecule has 7 nitrogen and oxygen atoms in total. The molecule has 21 heavy (non-hydrogen) atoms. The van der Waals surface area contributed by atoms with Crippen molar-refractivity contribution in [3.63, 3.8) is 0 Å². The molecule has 1 aromatic heterocycles. The Morgan fingerprint density at radius 2 is 2.14 bits per heavy atom. The molecule has 8 heteroatoms. The molecule has 0 saturated carbocycles. The van der Waals surface area contributed by atoms with Gasteiger partial charge in [0.1, 0.15) is 4.99 Å². The molecule has 3 N–H and O–H groups in total. The lowest BCUT2D eigenvalue weighted by molar-refractivity contribution is 0.197. The summed E-state index contributed by atoms with van der Waals surface area (Å²) in [5.41, 5.74) is 8.47. The van der Waals surface area contributed by atoms with Gasteiger partial charge in [0.05, 0.1) is 17.3 Å². The fraction of sp³-hybridized carbons (Fsp3) is 0.538. The summed E-state index contributed by atoms with van der Waals surface area (Å²) in [5, 5.41) is 11.4. The average molecular weight is 306 g/mol. The Morgan fingerprint density at radius 3 is 2.86 bits per heavy atom. The topological polar surface area (TPSA) is 87.4 Å². The highest BCUT2D eigenvalue weighted by molar-refractivity contribution is 7.80. The van der Waals surface area contributed by atoms with Crippen LogP contribution in [0.2, 0.25) is 0 Å². The minimum atomic E-state index is 0.0143. The van der Waals surface area contributed by atoms with Crippen molar-refractivity contribution in [1.82, 2.24) is 20.4 Å². The van der Waals surface area contributed by atoms with Gasteiger partial charge in [0.25, 0.3) is 0 Å². The number of nitrogens with two attached hydrogens (primary N) is 1. The van der Waals surface area contributed by atoms with Gasteiger partial charge in [0.15, 0.2) is 5.82 Å². The number of nitrogens with zero attached hydrogens (tertiary/aromatic N) is 4. The molecule has 2 amide bonds. The van der Waals surface area contributed by atoms with Gasteiger partial charge in [-0.2, -0.15) is 5.10 Å². The van der Waals surface area contributed by atoms with Gasteiger partial charge in [-0.25, -0.2) is 4.79 Å². The molecule has 2 fully saturated rings. The van der Waals surface area contributed by atoms with E-state index in [2.05, 4.69) is 20.4 Å². The van der Waals surface area contributed by atoms with Crippen molar-refractivity contribution in [3.05, 3.63) is 16.8 Å². The van der Waals surface area contributed by atoms with Crippen molar-refractivity contribution >= 4 is 29.1 Å². The molecular weight excluding hydrogens is 288 g/mol. The second-order valence-corrected chi connectivity index (χ2v) is 5.89. The molecule has 0 spiro atoms. The number of hydrogen-bond donors (Lipinski definition) is 2. The summed E-state index contributed by atoms with van der Waals surface area (Å²) >= 11 is 5.18. The van der Waals surface area contributed by atoms with Crippen LogP contribution in [0.25, 0.3) is 0 Å². The van der Waals surface area contributed by atoms with Crippen LogP contribution in [0.1, 0.15) is 16.8 Å². The Morgan fingerprint density at radius 1 is 1.38 bits per heavy atom. The fourth-order valence-corrected chi connectivity index (χ4v) is 3.15. The van der Waals surface area contributed by atoms with Crippen molar-refractivity contribution in [2.75, 3.05) is 31.1 Å². The number of anilines is 1. The molecule has 1 unspecified atom stereocenters. The maximum atomic E-state index is 11.7. The van der Waals surface area contributed by atoms with Gasteiger partial charge in [0.2, 0.25) is 0 Å². The second-order valence-electron chi connectivity index (χ2n) is 5.45. The average Bonchev–Trinajstić information content (AvgIpc) is 2.82. The van der Waals surface area contributed by atoms with Crippen molar-refractivity contribution in [3.8, 4) is 0 Å². The lowest BCUT2D eigenvalue weighted by atomic mass is 10.1. The summed E-state index contributed by atoms with van der Waals surface area (Å²) in [6, 6.07) is 0.175. The van der Waals surface area contributed by atoms with Crippen LogP contribution in [-0.4, -0.2) is 58.3 Å². The number of thiocarbonyl (C=S) groups is 1. The van der Waals surface area contributed by atoms with E-state index >= 15 is 0 Å². The lowest BCUT2D eigenvalue weighted by Crippen LogP contribution is -2.52. The van der Waals surface area contributed by atoms with Gasteiger partial charge in [-0.15, -0.1) is 5.10 Å². The van der Waals surface area contributed by atoms with E-state index in [1.807, 2.05) is 18.7 Å². The normalized spacial score (nSPS) is 21.2. The third-order valence-corrected chi connectivity index (χ3v) is 4.42. The van der Waals surface area contributed by atoms with Crippen molar-refractivity contribution in [2.24, 2.45) is 5.73 Å².